The highest BCUT2D eigenvalue weighted by Crippen LogP contribution is 2.36. The van der Waals surface area contributed by atoms with Gasteiger partial charge < -0.3 is 4.74 Å². The zero-order chi connectivity index (χ0) is 16.3. The molecule has 0 bridgehead atoms. The van der Waals surface area contributed by atoms with E-state index in [9.17, 15) is 4.39 Å². The fraction of sp³-hybridized carbons (Fsp3) is 0.368. The van der Waals surface area contributed by atoms with E-state index in [1.165, 1.54) is 6.07 Å². The Morgan fingerprint density at radius 3 is 2.36 bits per heavy atom. The lowest BCUT2D eigenvalue weighted by Gasteiger charge is -2.21. The summed E-state index contributed by atoms with van der Waals surface area (Å²) in [7, 11) is 1.59. The van der Waals surface area contributed by atoms with Crippen LogP contribution in [-0.2, 0) is 5.88 Å². The molecular weight excluding hydrogens is 299 g/mol. The van der Waals surface area contributed by atoms with Crippen LogP contribution in [0.15, 0.2) is 36.4 Å². The number of methoxy groups -OCH3 is 1. The van der Waals surface area contributed by atoms with Crippen LogP contribution in [0.3, 0.4) is 0 Å². The quantitative estimate of drug-likeness (QED) is 0.614. The molecule has 0 saturated heterocycles. The predicted octanol–water partition coefficient (Wildman–Crippen LogP) is 6.00. The molecule has 0 fully saturated rings. The maximum Gasteiger partial charge on any atom is 0.131 e. The Morgan fingerprint density at radius 2 is 1.77 bits per heavy atom. The molecule has 0 radical (unpaired) electrons. The fourth-order valence-electron chi connectivity index (χ4n) is 2.51. The molecule has 0 spiro atoms. The van der Waals surface area contributed by atoms with E-state index in [0.717, 1.165) is 16.7 Å². The first kappa shape index (κ1) is 16.8. The van der Waals surface area contributed by atoms with Crippen LogP contribution in [0, 0.1) is 11.7 Å². The molecule has 0 aromatic heterocycles. The summed E-state index contributed by atoms with van der Waals surface area (Å²) in [4.78, 5) is 0. The largest absolute Gasteiger partial charge is 0.497 e. The standard InChI is InChI=1S/C19H22ClFO/c1-12(2)13(3)17-9-14(11-20)5-7-16(17)18-10-15(22-4)6-8-19(18)21/h5-10,12-13H,11H2,1-4H3. The van der Waals surface area contributed by atoms with E-state index in [-0.39, 0.29) is 5.82 Å². The van der Waals surface area contributed by atoms with Crippen LogP contribution in [0.5, 0.6) is 5.75 Å². The van der Waals surface area contributed by atoms with Gasteiger partial charge in [0.05, 0.1) is 7.11 Å². The third-order valence-electron chi connectivity index (χ3n) is 4.22. The van der Waals surface area contributed by atoms with Gasteiger partial charge in [0.1, 0.15) is 11.6 Å². The Labute approximate surface area is 137 Å². The van der Waals surface area contributed by atoms with Crippen molar-refractivity contribution in [3.8, 4) is 16.9 Å². The number of hydrogen-bond donors (Lipinski definition) is 0. The second kappa shape index (κ2) is 7.15. The van der Waals surface area contributed by atoms with Crippen molar-refractivity contribution in [2.24, 2.45) is 5.92 Å². The van der Waals surface area contributed by atoms with E-state index in [4.69, 9.17) is 16.3 Å². The summed E-state index contributed by atoms with van der Waals surface area (Å²) < 4.78 is 19.6. The van der Waals surface area contributed by atoms with E-state index in [2.05, 4.69) is 26.8 Å². The summed E-state index contributed by atoms with van der Waals surface area (Å²) in [5.74, 6) is 1.64. The number of rotatable bonds is 5. The van der Waals surface area contributed by atoms with E-state index < -0.39 is 0 Å². The van der Waals surface area contributed by atoms with Gasteiger partial charge in [-0.1, -0.05) is 39.0 Å². The minimum absolute atomic E-state index is 0.239. The Bertz CT molecular complexity index is 652. The van der Waals surface area contributed by atoms with Gasteiger partial charge in [0.2, 0.25) is 0 Å². The highest BCUT2D eigenvalue weighted by molar-refractivity contribution is 6.17. The fourth-order valence-corrected chi connectivity index (χ4v) is 2.68. The Hall–Kier alpha value is -1.54. The third kappa shape index (κ3) is 3.44. The lowest BCUT2D eigenvalue weighted by Crippen LogP contribution is -2.05. The molecule has 2 aromatic carbocycles. The number of benzene rings is 2. The van der Waals surface area contributed by atoms with Gasteiger partial charge in [-0.3, -0.25) is 0 Å². The van der Waals surface area contributed by atoms with Crippen molar-refractivity contribution >= 4 is 11.6 Å². The van der Waals surface area contributed by atoms with Crippen LogP contribution >= 0.6 is 11.6 Å². The van der Waals surface area contributed by atoms with E-state index in [1.807, 2.05) is 12.1 Å². The number of alkyl halides is 1. The molecule has 22 heavy (non-hydrogen) atoms. The molecular formula is C19H22ClFO. The molecule has 0 heterocycles. The molecule has 0 saturated carbocycles. The molecule has 0 aliphatic heterocycles. The van der Waals surface area contributed by atoms with Gasteiger partial charge in [-0.2, -0.15) is 0 Å². The van der Waals surface area contributed by atoms with Gasteiger partial charge in [-0.15, -0.1) is 11.6 Å². The number of halogens is 2. The van der Waals surface area contributed by atoms with Gasteiger partial charge in [-0.25, -0.2) is 4.39 Å². The lowest BCUT2D eigenvalue weighted by atomic mass is 9.84. The van der Waals surface area contributed by atoms with Gasteiger partial charge in [0.15, 0.2) is 0 Å². The van der Waals surface area contributed by atoms with Gasteiger partial charge in [0.25, 0.3) is 0 Å². The Balaban J connectivity index is 2.64. The van der Waals surface area contributed by atoms with Crippen LogP contribution in [0.2, 0.25) is 0 Å². The number of ether oxygens (including phenoxy) is 1. The minimum Gasteiger partial charge on any atom is -0.497 e. The first-order chi connectivity index (χ1) is 10.5. The van der Waals surface area contributed by atoms with Crippen molar-refractivity contribution in [2.45, 2.75) is 32.6 Å². The second-order valence-corrected chi connectivity index (χ2v) is 6.20. The van der Waals surface area contributed by atoms with Gasteiger partial charge in [0, 0.05) is 11.4 Å². The van der Waals surface area contributed by atoms with Crippen molar-refractivity contribution in [3.05, 3.63) is 53.3 Å². The average Bonchev–Trinajstić information content (AvgIpc) is 2.54. The molecule has 0 N–H and O–H groups in total. The van der Waals surface area contributed by atoms with Crippen LogP contribution in [0.25, 0.3) is 11.1 Å². The second-order valence-electron chi connectivity index (χ2n) is 5.93. The van der Waals surface area contributed by atoms with Crippen molar-refractivity contribution in [1.82, 2.24) is 0 Å². The number of hydrogen-bond acceptors (Lipinski definition) is 1. The van der Waals surface area contributed by atoms with Crippen LogP contribution in [-0.4, -0.2) is 7.11 Å². The van der Waals surface area contributed by atoms with E-state index in [0.29, 0.717) is 29.0 Å². The molecule has 118 valence electrons. The molecule has 2 aromatic rings. The molecule has 1 atom stereocenters. The SMILES string of the molecule is COc1ccc(F)c(-c2ccc(CCl)cc2C(C)C(C)C)c1. The summed E-state index contributed by atoms with van der Waals surface area (Å²) in [5, 5.41) is 0. The summed E-state index contributed by atoms with van der Waals surface area (Å²) in [5.41, 5.74) is 3.66. The van der Waals surface area contributed by atoms with Crippen molar-refractivity contribution in [1.29, 1.82) is 0 Å². The Morgan fingerprint density at radius 1 is 1.05 bits per heavy atom. The van der Waals surface area contributed by atoms with Crippen molar-refractivity contribution in [3.63, 3.8) is 0 Å². The minimum atomic E-state index is -0.239. The predicted molar refractivity (Wildman–Crippen MR) is 91.2 cm³/mol. The average molecular weight is 321 g/mol. The lowest BCUT2D eigenvalue weighted by molar-refractivity contribution is 0.414. The molecule has 0 amide bonds. The summed E-state index contributed by atoms with van der Waals surface area (Å²) in [6, 6.07) is 10.8. The van der Waals surface area contributed by atoms with Crippen LogP contribution < -0.4 is 4.74 Å². The molecule has 3 heteroatoms. The van der Waals surface area contributed by atoms with Crippen LogP contribution in [0.1, 0.15) is 37.8 Å². The first-order valence-corrected chi connectivity index (χ1v) is 8.04. The zero-order valence-electron chi connectivity index (χ0n) is 13.5. The summed E-state index contributed by atoms with van der Waals surface area (Å²) in [6.07, 6.45) is 0. The topological polar surface area (TPSA) is 9.23 Å². The zero-order valence-corrected chi connectivity index (χ0v) is 14.2. The van der Waals surface area contributed by atoms with Gasteiger partial charge in [-0.05, 0) is 46.7 Å². The van der Waals surface area contributed by atoms with E-state index >= 15 is 0 Å². The molecule has 0 aliphatic rings. The summed E-state index contributed by atoms with van der Waals surface area (Å²) >= 11 is 5.97. The normalized spacial score (nSPS) is 12.5. The molecule has 1 nitrogen and oxygen atoms in total. The highest BCUT2D eigenvalue weighted by atomic mass is 35.5. The first-order valence-electron chi connectivity index (χ1n) is 7.50. The molecule has 2 rings (SSSR count). The smallest absolute Gasteiger partial charge is 0.131 e. The third-order valence-corrected chi connectivity index (χ3v) is 4.53. The highest BCUT2D eigenvalue weighted by Gasteiger charge is 2.18. The molecule has 0 aliphatic carbocycles. The monoisotopic (exact) mass is 320 g/mol. The Kier molecular flexibility index (Phi) is 5.47. The maximum atomic E-state index is 14.3. The van der Waals surface area contributed by atoms with E-state index in [1.54, 1.807) is 19.2 Å². The maximum absolute atomic E-state index is 14.3. The van der Waals surface area contributed by atoms with Gasteiger partial charge >= 0.3 is 0 Å². The van der Waals surface area contributed by atoms with Crippen molar-refractivity contribution < 1.29 is 9.13 Å². The van der Waals surface area contributed by atoms with Crippen molar-refractivity contribution in [2.75, 3.05) is 7.11 Å². The van der Waals surface area contributed by atoms with Crippen LogP contribution in [0.4, 0.5) is 4.39 Å². The summed E-state index contributed by atoms with van der Waals surface area (Å²) in [6.45, 7) is 6.51. The molecule has 1 unspecified atom stereocenters.